The first-order valence-electron chi connectivity index (χ1n) is 8.08. The van der Waals surface area contributed by atoms with Gasteiger partial charge in [-0.3, -0.25) is 4.79 Å². The number of carboxylic acid groups (broad SMARTS) is 1. The van der Waals surface area contributed by atoms with Crippen molar-refractivity contribution in [2.24, 2.45) is 0 Å². The van der Waals surface area contributed by atoms with Gasteiger partial charge in [0.25, 0.3) is 0 Å². The predicted molar refractivity (Wildman–Crippen MR) is 94.0 cm³/mol. The number of benzene rings is 2. The second-order valence-corrected chi connectivity index (χ2v) is 6.10. The minimum Gasteiger partial charge on any atom is -0.478 e. The number of hydrogen-bond acceptors (Lipinski definition) is 2. The molecular formula is C20H23NO3. The third kappa shape index (κ3) is 4.95. The zero-order chi connectivity index (χ0) is 17.5. The Morgan fingerprint density at radius 2 is 1.67 bits per heavy atom. The second-order valence-electron chi connectivity index (χ2n) is 6.10. The predicted octanol–water partition coefficient (Wildman–Crippen LogP) is 3.93. The highest BCUT2D eigenvalue weighted by molar-refractivity contribution is 5.87. The topological polar surface area (TPSA) is 57.6 Å². The molecule has 4 heteroatoms. The molecule has 0 fully saturated rings. The normalized spacial score (nSPS) is 11.8. The van der Waals surface area contributed by atoms with E-state index in [0.717, 1.165) is 12.0 Å². The van der Waals surface area contributed by atoms with E-state index in [2.05, 4.69) is 19.1 Å². The van der Waals surface area contributed by atoms with E-state index in [9.17, 15) is 9.59 Å². The molecule has 0 aliphatic heterocycles. The molecular weight excluding hydrogens is 302 g/mol. The van der Waals surface area contributed by atoms with Gasteiger partial charge >= 0.3 is 5.97 Å². The summed E-state index contributed by atoms with van der Waals surface area (Å²) in [5.74, 6) is -0.501. The van der Waals surface area contributed by atoms with Crippen molar-refractivity contribution in [3.05, 3.63) is 71.3 Å². The minimum atomic E-state index is -0.944. The summed E-state index contributed by atoms with van der Waals surface area (Å²) in [5.41, 5.74) is 2.42. The van der Waals surface area contributed by atoms with Crippen LogP contribution in [0, 0.1) is 0 Å². The van der Waals surface area contributed by atoms with Gasteiger partial charge in [-0.25, -0.2) is 4.79 Å². The molecule has 1 N–H and O–H groups in total. The molecule has 0 spiro atoms. The average molecular weight is 325 g/mol. The summed E-state index contributed by atoms with van der Waals surface area (Å²) in [6, 6.07) is 16.8. The fourth-order valence-electron chi connectivity index (χ4n) is 2.59. The molecule has 0 aromatic heterocycles. The third-order valence-electron chi connectivity index (χ3n) is 4.21. The maximum absolute atomic E-state index is 12.3. The summed E-state index contributed by atoms with van der Waals surface area (Å²) in [4.78, 5) is 24.8. The summed E-state index contributed by atoms with van der Waals surface area (Å²) < 4.78 is 0. The molecule has 0 saturated carbocycles. The molecule has 1 atom stereocenters. The molecule has 1 amide bonds. The quantitative estimate of drug-likeness (QED) is 0.839. The van der Waals surface area contributed by atoms with E-state index in [1.54, 1.807) is 36.2 Å². The summed E-state index contributed by atoms with van der Waals surface area (Å²) in [7, 11) is 1.78. The highest BCUT2D eigenvalue weighted by atomic mass is 16.4. The van der Waals surface area contributed by atoms with Gasteiger partial charge in [0.05, 0.1) is 5.56 Å². The number of rotatable bonds is 7. The van der Waals surface area contributed by atoms with Gasteiger partial charge in [0, 0.05) is 20.0 Å². The van der Waals surface area contributed by atoms with Crippen LogP contribution >= 0.6 is 0 Å². The third-order valence-corrected chi connectivity index (χ3v) is 4.21. The molecule has 0 heterocycles. The van der Waals surface area contributed by atoms with Crippen LogP contribution in [0.15, 0.2) is 54.6 Å². The second kappa shape index (κ2) is 8.29. The Morgan fingerprint density at radius 1 is 1.04 bits per heavy atom. The van der Waals surface area contributed by atoms with E-state index in [4.69, 9.17) is 5.11 Å². The van der Waals surface area contributed by atoms with E-state index >= 15 is 0 Å². The van der Waals surface area contributed by atoms with Crippen LogP contribution < -0.4 is 0 Å². The van der Waals surface area contributed by atoms with Crippen molar-refractivity contribution in [3.63, 3.8) is 0 Å². The van der Waals surface area contributed by atoms with Crippen molar-refractivity contribution in [1.82, 2.24) is 4.90 Å². The van der Waals surface area contributed by atoms with Crippen molar-refractivity contribution >= 4 is 11.9 Å². The minimum absolute atomic E-state index is 0.0973. The van der Waals surface area contributed by atoms with Gasteiger partial charge in [0.1, 0.15) is 0 Å². The van der Waals surface area contributed by atoms with Gasteiger partial charge in [-0.15, -0.1) is 0 Å². The van der Waals surface area contributed by atoms with E-state index in [0.29, 0.717) is 18.9 Å². The molecule has 0 bridgehead atoms. The molecule has 0 radical (unpaired) electrons. The molecule has 126 valence electrons. The summed E-state index contributed by atoms with van der Waals surface area (Å²) in [5, 5.41) is 8.90. The first kappa shape index (κ1) is 17.7. The highest BCUT2D eigenvalue weighted by Crippen LogP contribution is 2.20. The van der Waals surface area contributed by atoms with Crippen molar-refractivity contribution in [3.8, 4) is 0 Å². The molecule has 0 saturated heterocycles. The molecule has 0 aliphatic rings. The van der Waals surface area contributed by atoms with E-state index < -0.39 is 5.97 Å². The fraction of sp³-hybridized carbons (Fsp3) is 0.300. The number of carbonyl (C=O) groups excluding carboxylic acids is 1. The van der Waals surface area contributed by atoms with E-state index in [1.807, 2.05) is 18.2 Å². The van der Waals surface area contributed by atoms with Gasteiger partial charge in [0.2, 0.25) is 5.91 Å². The van der Waals surface area contributed by atoms with Crippen LogP contribution in [0.25, 0.3) is 0 Å². The molecule has 0 aliphatic carbocycles. The molecule has 2 rings (SSSR count). The Balaban J connectivity index is 1.84. The maximum atomic E-state index is 12.3. The molecule has 2 aromatic rings. The first-order valence-corrected chi connectivity index (χ1v) is 8.08. The smallest absolute Gasteiger partial charge is 0.335 e. The highest BCUT2D eigenvalue weighted by Gasteiger charge is 2.13. The zero-order valence-electron chi connectivity index (χ0n) is 14.1. The van der Waals surface area contributed by atoms with Crippen molar-refractivity contribution in [2.45, 2.75) is 32.2 Å². The number of hydrogen-bond donors (Lipinski definition) is 1. The van der Waals surface area contributed by atoms with Crippen LogP contribution in [0.4, 0.5) is 0 Å². The first-order chi connectivity index (χ1) is 11.5. The van der Waals surface area contributed by atoms with Crippen LogP contribution in [0.5, 0.6) is 0 Å². The monoisotopic (exact) mass is 325 g/mol. The maximum Gasteiger partial charge on any atom is 0.335 e. The Bertz CT molecular complexity index is 680. The summed E-state index contributed by atoms with van der Waals surface area (Å²) >= 11 is 0. The van der Waals surface area contributed by atoms with E-state index in [-0.39, 0.29) is 11.5 Å². The van der Waals surface area contributed by atoms with Crippen LogP contribution in [-0.4, -0.2) is 28.9 Å². The molecule has 4 nitrogen and oxygen atoms in total. The van der Waals surface area contributed by atoms with Crippen LogP contribution in [-0.2, 0) is 11.3 Å². The van der Waals surface area contributed by atoms with Gasteiger partial charge in [-0.2, -0.15) is 0 Å². The Hall–Kier alpha value is -2.62. The number of carboxylic acids is 1. The largest absolute Gasteiger partial charge is 0.478 e. The lowest BCUT2D eigenvalue weighted by Crippen LogP contribution is -2.26. The Kier molecular flexibility index (Phi) is 6.13. The fourth-order valence-corrected chi connectivity index (χ4v) is 2.59. The van der Waals surface area contributed by atoms with Gasteiger partial charge in [-0.05, 0) is 35.6 Å². The Labute approximate surface area is 142 Å². The van der Waals surface area contributed by atoms with Gasteiger partial charge in [0.15, 0.2) is 0 Å². The SMILES string of the molecule is CC(CCC(=O)N(C)Cc1ccc(C(=O)O)cc1)c1ccccc1. The van der Waals surface area contributed by atoms with Crippen LogP contribution in [0.3, 0.4) is 0 Å². The van der Waals surface area contributed by atoms with Crippen molar-refractivity contribution in [1.29, 1.82) is 0 Å². The standard InChI is InChI=1S/C20H23NO3/c1-15(17-6-4-3-5-7-17)8-13-19(22)21(2)14-16-9-11-18(12-10-16)20(23)24/h3-7,9-12,15H,8,13-14H2,1-2H3,(H,23,24). The molecule has 2 aromatic carbocycles. The number of amides is 1. The van der Waals surface area contributed by atoms with Crippen molar-refractivity contribution < 1.29 is 14.7 Å². The lowest BCUT2D eigenvalue weighted by molar-refractivity contribution is -0.130. The Morgan fingerprint density at radius 3 is 2.25 bits per heavy atom. The van der Waals surface area contributed by atoms with Crippen LogP contribution in [0.1, 0.15) is 47.2 Å². The molecule has 24 heavy (non-hydrogen) atoms. The average Bonchev–Trinajstić information content (AvgIpc) is 2.60. The number of carbonyl (C=O) groups is 2. The lowest BCUT2D eigenvalue weighted by atomic mass is 9.96. The van der Waals surface area contributed by atoms with Crippen LogP contribution in [0.2, 0.25) is 0 Å². The van der Waals surface area contributed by atoms with Gasteiger partial charge in [-0.1, -0.05) is 49.4 Å². The number of nitrogens with zero attached hydrogens (tertiary/aromatic N) is 1. The lowest BCUT2D eigenvalue weighted by Gasteiger charge is -2.19. The molecule has 1 unspecified atom stereocenters. The van der Waals surface area contributed by atoms with Gasteiger partial charge < -0.3 is 10.0 Å². The van der Waals surface area contributed by atoms with Crippen molar-refractivity contribution in [2.75, 3.05) is 7.05 Å². The van der Waals surface area contributed by atoms with E-state index in [1.165, 1.54) is 5.56 Å². The number of aromatic carboxylic acids is 1. The summed E-state index contributed by atoms with van der Waals surface area (Å²) in [6.07, 6.45) is 1.31. The zero-order valence-corrected chi connectivity index (χ0v) is 14.1. The summed E-state index contributed by atoms with van der Waals surface area (Å²) in [6.45, 7) is 2.62.